The van der Waals surface area contributed by atoms with Gasteiger partial charge in [0.05, 0.1) is 0 Å². The Kier molecular flexibility index (Phi) is 5.33. The van der Waals surface area contributed by atoms with E-state index in [2.05, 4.69) is 41.4 Å². The fraction of sp³-hybridized carbons (Fsp3) is 0.500. The minimum Gasteiger partial charge on any atom is -0.484 e. The number of ether oxygens (including phenoxy) is 1. The molecule has 0 radical (unpaired) electrons. The van der Waals surface area contributed by atoms with E-state index in [1.165, 1.54) is 5.56 Å². The maximum Gasteiger partial charge on any atom is 0.264 e. The molecule has 1 N–H and O–H groups in total. The molecule has 1 aromatic heterocycles. The van der Waals surface area contributed by atoms with Gasteiger partial charge in [-0.2, -0.15) is 4.98 Å². The van der Waals surface area contributed by atoms with Gasteiger partial charge in [-0.25, -0.2) is 0 Å². The largest absolute Gasteiger partial charge is 0.484 e. The van der Waals surface area contributed by atoms with Crippen LogP contribution < -0.4 is 10.1 Å². The van der Waals surface area contributed by atoms with Crippen molar-refractivity contribution in [3.8, 4) is 5.75 Å². The summed E-state index contributed by atoms with van der Waals surface area (Å²) >= 11 is 0. The summed E-state index contributed by atoms with van der Waals surface area (Å²) < 4.78 is 10.8. The van der Waals surface area contributed by atoms with Gasteiger partial charge in [0.1, 0.15) is 5.75 Å². The Morgan fingerprint density at radius 3 is 2.48 bits per heavy atom. The summed E-state index contributed by atoms with van der Waals surface area (Å²) in [5.41, 5.74) is 1.24. The van der Waals surface area contributed by atoms with Crippen molar-refractivity contribution in [3.63, 3.8) is 0 Å². The predicted octanol–water partition coefficient (Wildman–Crippen LogP) is 3.44. The normalized spacial score (nSPS) is 12.6. The first-order chi connectivity index (χ1) is 10.1. The molecule has 1 unspecified atom stereocenters. The Hall–Kier alpha value is -1.88. The van der Waals surface area contributed by atoms with Crippen molar-refractivity contribution in [1.82, 2.24) is 15.5 Å². The number of hydrogen-bond acceptors (Lipinski definition) is 5. The highest BCUT2D eigenvalue weighted by Crippen LogP contribution is 2.18. The standard InChI is InChI=1S/C16H23N3O2/c1-5-17-12(4)13-6-8-14(9-7-13)20-10-15-18-16(11(2)3)19-21-15/h6-9,11-12,17H,5,10H2,1-4H3. The zero-order chi connectivity index (χ0) is 15.2. The van der Waals surface area contributed by atoms with Crippen LogP contribution in [0, 0.1) is 0 Å². The summed E-state index contributed by atoms with van der Waals surface area (Å²) in [6.07, 6.45) is 0. The van der Waals surface area contributed by atoms with Gasteiger partial charge in [0.15, 0.2) is 12.4 Å². The molecule has 114 valence electrons. The van der Waals surface area contributed by atoms with Crippen LogP contribution in [0.2, 0.25) is 0 Å². The van der Waals surface area contributed by atoms with Gasteiger partial charge in [-0.1, -0.05) is 38.1 Å². The van der Waals surface area contributed by atoms with Crippen molar-refractivity contribution in [1.29, 1.82) is 0 Å². The highest BCUT2D eigenvalue weighted by Gasteiger charge is 2.10. The van der Waals surface area contributed by atoms with Crippen molar-refractivity contribution >= 4 is 0 Å². The van der Waals surface area contributed by atoms with E-state index in [9.17, 15) is 0 Å². The van der Waals surface area contributed by atoms with Crippen LogP contribution in [0.15, 0.2) is 28.8 Å². The maximum atomic E-state index is 5.66. The maximum absolute atomic E-state index is 5.66. The van der Waals surface area contributed by atoms with E-state index < -0.39 is 0 Å². The van der Waals surface area contributed by atoms with Gasteiger partial charge in [0, 0.05) is 12.0 Å². The van der Waals surface area contributed by atoms with Crippen LogP contribution in [0.5, 0.6) is 5.75 Å². The van der Waals surface area contributed by atoms with E-state index >= 15 is 0 Å². The lowest BCUT2D eigenvalue weighted by Crippen LogP contribution is -2.17. The number of rotatable bonds is 7. The molecule has 0 aliphatic heterocycles. The van der Waals surface area contributed by atoms with E-state index in [0.717, 1.165) is 12.3 Å². The van der Waals surface area contributed by atoms with E-state index in [1.54, 1.807) is 0 Å². The molecule has 0 aliphatic carbocycles. The Bertz CT molecular complexity index is 549. The highest BCUT2D eigenvalue weighted by atomic mass is 16.5. The summed E-state index contributed by atoms with van der Waals surface area (Å²) in [6.45, 7) is 9.55. The Balaban J connectivity index is 1.91. The number of nitrogens with zero attached hydrogens (tertiary/aromatic N) is 2. The predicted molar refractivity (Wildman–Crippen MR) is 81.3 cm³/mol. The van der Waals surface area contributed by atoms with Crippen molar-refractivity contribution in [2.75, 3.05) is 6.54 Å². The van der Waals surface area contributed by atoms with E-state index in [0.29, 0.717) is 24.4 Å². The molecular weight excluding hydrogens is 266 g/mol. The van der Waals surface area contributed by atoms with Crippen molar-refractivity contribution in [2.45, 2.75) is 46.3 Å². The molecule has 0 spiro atoms. The smallest absolute Gasteiger partial charge is 0.264 e. The monoisotopic (exact) mass is 289 g/mol. The lowest BCUT2D eigenvalue weighted by Gasteiger charge is -2.13. The van der Waals surface area contributed by atoms with Gasteiger partial charge in [-0.3, -0.25) is 0 Å². The Morgan fingerprint density at radius 1 is 1.19 bits per heavy atom. The van der Waals surface area contributed by atoms with Crippen LogP contribution in [-0.4, -0.2) is 16.7 Å². The highest BCUT2D eigenvalue weighted by molar-refractivity contribution is 5.28. The summed E-state index contributed by atoms with van der Waals surface area (Å²) in [5, 5.41) is 7.29. The van der Waals surface area contributed by atoms with E-state index in [1.807, 2.05) is 26.0 Å². The van der Waals surface area contributed by atoms with Crippen molar-refractivity contribution in [2.24, 2.45) is 0 Å². The molecule has 1 aromatic carbocycles. The fourth-order valence-electron chi connectivity index (χ4n) is 1.98. The molecule has 0 aliphatic rings. The van der Waals surface area contributed by atoms with Crippen LogP contribution in [0.3, 0.4) is 0 Å². The number of aromatic nitrogens is 2. The molecule has 0 saturated heterocycles. The van der Waals surface area contributed by atoms with Crippen LogP contribution in [0.25, 0.3) is 0 Å². The summed E-state index contributed by atoms with van der Waals surface area (Å²) in [4.78, 5) is 4.28. The van der Waals surface area contributed by atoms with Crippen molar-refractivity contribution < 1.29 is 9.26 Å². The molecule has 21 heavy (non-hydrogen) atoms. The van der Waals surface area contributed by atoms with Gasteiger partial charge in [-0.05, 0) is 31.2 Å². The van der Waals surface area contributed by atoms with E-state index in [4.69, 9.17) is 9.26 Å². The zero-order valence-electron chi connectivity index (χ0n) is 13.1. The molecule has 5 heteroatoms. The molecular formula is C16H23N3O2. The van der Waals surface area contributed by atoms with Crippen LogP contribution >= 0.6 is 0 Å². The van der Waals surface area contributed by atoms with Gasteiger partial charge in [0.2, 0.25) is 0 Å². The topological polar surface area (TPSA) is 60.2 Å². The molecule has 0 saturated carbocycles. The molecule has 0 fully saturated rings. The van der Waals surface area contributed by atoms with E-state index in [-0.39, 0.29) is 5.92 Å². The summed E-state index contributed by atoms with van der Waals surface area (Å²) in [6, 6.07) is 8.39. The molecule has 0 bridgehead atoms. The van der Waals surface area contributed by atoms with Crippen LogP contribution in [0.1, 0.15) is 56.9 Å². The molecule has 5 nitrogen and oxygen atoms in total. The first-order valence-electron chi connectivity index (χ1n) is 7.38. The third-order valence-electron chi connectivity index (χ3n) is 3.25. The number of benzene rings is 1. The van der Waals surface area contributed by atoms with Gasteiger partial charge < -0.3 is 14.6 Å². The second kappa shape index (κ2) is 7.22. The third kappa shape index (κ3) is 4.29. The average Bonchev–Trinajstić information content (AvgIpc) is 2.95. The summed E-state index contributed by atoms with van der Waals surface area (Å²) in [5.74, 6) is 2.27. The minimum absolute atomic E-state index is 0.259. The van der Waals surface area contributed by atoms with Gasteiger partial charge in [0.25, 0.3) is 5.89 Å². The quantitative estimate of drug-likeness (QED) is 0.846. The molecule has 1 heterocycles. The molecule has 0 amide bonds. The fourth-order valence-corrected chi connectivity index (χ4v) is 1.98. The molecule has 2 aromatic rings. The second-order valence-electron chi connectivity index (χ2n) is 5.34. The van der Waals surface area contributed by atoms with Gasteiger partial charge >= 0.3 is 0 Å². The van der Waals surface area contributed by atoms with Crippen molar-refractivity contribution in [3.05, 3.63) is 41.5 Å². The first kappa shape index (κ1) is 15.5. The van der Waals surface area contributed by atoms with Crippen LogP contribution in [-0.2, 0) is 6.61 Å². The summed E-state index contributed by atoms with van der Waals surface area (Å²) in [7, 11) is 0. The zero-order valence-corrected chi connectivity index (χ0v) is 13.1. The SMILES string of the molecule is CCNC(C)c1ccc(OCc2nc(C(C)C)no2)cc1. The number of hydrogen-bond donors (Lipinski definition) is 1. The number of nitrogens with one attached hydrogen (secondary N) is 1. The Labute approximate surface area is 125 Å². The lowest BCUT2D eigenvalue weighted by molar-refractivity contribution is 0.242. The Morgan fingerprint density at radius 2 is 1.90 bits per heavy atom. The third-order valence-corrected chi connectivity index (χ3v) is 3.25. The van der Waals surface area contributed by atoms with Crippen LogP contribution in [0.4, 0.5) is 0 Å². The van der Waals surface area contributed by atoms with Gasteiger partial charge in [-0.15, -0.1) is 0 Å². The second-order valence-corrected chi connectivity index (χ2v) is 5.34. The molecule has 1 atom stereocenters. The first-order valence-corrected chi connectivity index (χ1v) is 7.38. The lowest BCUT2D eigenvalue weighted by atomic mass is 10.1. The minimum atomic E-state index is 0.259. The molecule has 2 rings (SSSR count). The average molecular weight is 289 g/mol.